The van der Waals surface area contributed by atoms with E-state index in [1.165, 1.54) is 18.2 Å². The van der Waals surface area contributed by atoms with Crippen LogP contribution in [0.3, 0.4) is 0 Å². The molecule has 0 aliphatic carbocycles. The van der Waals surface area contributed by atoms with Crippen LogP contribution in [-0.2, 0) is 6.18 Å². The summed E-state index contributed by atoms with van der Waals surface area (Å²) in [5.41, 5.74) is -1.20. The molecule has 0 atom stereocenters. The number of aromatic hydroxyl groups is 1. The van der Waals surface area contributed by atoms with Gasteiger partial charge in [-0.1, -0.05) is 41.1 Å². The molecule has 0 aliphatic rings. The normalized spacial score (nSPS) is 11.7. The zero-order valence-electron chi connectivity index (χ0n) is 14.2. The summed E-state index contributed by atoms with van der Waals surface area (Å²) >= 11 is 7.15. The number of benzene rings is 2. The van der Waals surface area contributed by atoms with E-state index < -0.39 is 17.8 Å². The molecule has 2 aromatic carbocycles. The molecule has 0 unspecified atom stereocenters. The third-order valence-electron chi connectivity index (χ3n) is 3.93. The SMILES string of the molecule is O=C(Nc1nc2c(O)cccc2s1)c1cc(C(F)(F)F)nn1-c1ccccc1Cl. The molecule has 2 N–H and O–H groups in total. The van der Waals surface area contributed by atoms with Crippen LogP contribution in [0.2, 0.25) is 5.02 Å². The summed E-state index contributed by atoms with van der Waals surface area (Å²) in [5.74, 6) is -0.925. The Balaban J connectivity index is 1.76. The average molecular weight is 439 g/mol. The van der Waals surface area contributed by atoms with Gasteiger partial charge in [-0.2, -0.15) is 18.3 Å². The van der Waals surface area contributed by atoms with E-state index in [0.717, 1.165) is 16.0 Å². The zero-order valence-corrected chi connectivity index (χ0v) is 15.8. The minimum absolute atomic E-state index is 0.0697. The number of hydrogen-bond acceptors (Lipinski definition) is 5. The van der Waals surface area contributed by atoms with Gasteiger partial charge in [-0.3, -0.25) is 10.1 Å². The number of carbonyl (C=O) groups is 1. The standard InChI is InChI=1S/C18H10ClF3N4O2S/c19-9-4-1-2-5-10(9)26-11(8-14(25-26)18(20,21)22)16(28)24-17-23-15-12(27)6-3-7-13(15)29-17/h1-8,27H,(H,23,24,28). The molecule has 0 spiro atoms. The number of aromatic nitrogens is 3. The molecule has 6 nitrogen and oxygen atoms in total. The van der Waals surface area contributed by atoms with Gasteiger partial charge in [-0.25, -0.2) is 9.67 Å². The number of thiazole rings is 1. The molecule has 11 heteroatoms. The van der Waals surface area contributed by atoms with Crippen molar-refractivity contribution < 1.29 is 23.1 Å². The highest BCUT2D eigenvalue weighted by Gasteiger charge is 2.36. The largest absolute Gasteiger partial charge is 0.506 e. The third-order valence-corrected chi connectivity index (χ3v) is 5.19. The van der Waals surface area contributed by atoms with E-state index >= 15 is 0 Å². The Morgan fingerprint density at radius 3 is 2.62 bits per heavy atom. The molecular weight excluding hydrogens is 429 g/mol. The number of halogens is 4. The van der Waals surface area contributed by atoms with Crippen LogP contribution in [0.1, 0.15) is 16.2 Å². The lowest BCUT2D eigenvalue weighted by Gasteiger charge is -2.08. The molecular formula is C18H10ClF3N4O2S. The Labute approximate surface area is 170 Å². The topological polar surface area (TPSA) is 80.0 Å². The molecule has 0 fully saturated rings. The van der Waals surface area contributed by atoms with Crippen LogP contribution in [0, 0.1) is 0 Å². The number of phenols is 1. The van der Waals surface area contributed by atoms with Gasteiger partial charge in [0.2, 0.25) is 0 Å². The first-order chi connectivity index (χ1) is 13.7. The number of rotatable bonds is 3. The van der Waals surface area contributed by atoms with Gasteiger partial charge in [-0.05, 0) is 24.3 Å². The zero-order chi connectivity index (χ0) is 20.8. The van der Waals surface area contributed by atoms with E-state index in [1.807, 2.05) is 0 Å². The molecule has 4 aromatic rings. The second kappa shape index (κ2) is 7.05. The highest BCUT2D eigenvalue weighted by molar-refractivity contribution is 7.22. The van der Waals surface area contributed by atoms with Crippen LogP contribution in [0.5, 0.6) is 5.75 Å². The highest BCUT2D eigenvalue weighted by atomic mass is 35.5. The lowest BCUT2D eigenvalue weighted by molar-refractivity contribution is -0.141. The van der Waals surface area contributed by atoms with E-state index in [9.17, 15) is 23.1 Å². The molecule has 29 heavy (non-hydrogen) atoms. The number of fused-ring (bicyclic) bond motifs is 1. The van der Waals surface area contributed by atoms with Crippen LogP contribution in [0.4, 0.5) is 18.3 Å². The summed E-state index contributed by atoms with van der Waals surface area (Å²) in [4.78, 5) is 16.9. The van der Waals surface area contributed by atoms with Crippen molar-refractivity contribution in [3.63, 3.8) is 0 Å². The van der Waals surface area contributed by atoms with Crippen molar-refractivity contribution in [1.29, 1.82) is 0 Å². The lowest BCUT2D eigenvalue weighted by Crippen LogP contribution is -2.17. The van der Waals surface area contributed by atoms with E-state index in [-0.39, 0.29) is 32.8 Å². The van der Waals surface area contributed by atoms with Crippen molar-refractivity contribution in [2.75, 3.05) is 5.32 Å². The summed E-state index contributed by atoms with van der Waals surface area (Å²) in [5, 5.41) is 16.1. The van der Waals surface area contributed by atoms with Crippen LogP contribution in [0.25, 0.3) is 15.9 Å². The minimum atomic E-state index is -4.75. The maximum atomic E-state index is 13.2. The monoisotopic (exact) mass is 438 g/mol. The molecule has 0 saturated carbocycles. The number of hydrogen-bond donors (Lipinski definition) is 2. The first-order valence-electron chi connectivity index (χ1n) is 8.06. The fraction of sp³-hybridized carbons (Fsp3) is 0.0556. The van der Waals surface area contributed by atoms with E-state index in [0.29, 0.717) is 10.8 Å². The van der Waals surface area contributed by atoms with Crippen LogP contribution >= 0.6 is 22.9 Å². The number of carbonyl (C=O) groups excluding carboxylic acids is 1. The second-order valence-electron chi connectivity index (χ2n) is 5.87. The van der Waals surface area contributed by atoms with Gasteiger partial charge in [-0.15, -0.1) is 0 Å². The average Bonchev–Trinajstić information content (AvgIpc) is 3.27. The smallest absolute Gasteiger partial charge is 0.435 e. The number of anilines is 1. The van der Waals surface area contributed by atoms with Gasteiger partial charge in [0.1, 0.15) is 17.0 Å². The molecule has 4 rings (SSSR count). The van der Waals surface area contributed by atoms with E-state index in [4.69, 9.17) is 11.6 Å². The van der Waals surface area contributed by atoms with Gasteiger partial charge in [0, 0.05) is 6.07 Å². The Morgan fingerprint density at radius 2 is 1.93 bits per heavy atom. The number of nitrogens with zero attached hydrogens (tertiary/aromatic N) is 3. The van der Waals surface area contributed by atoms with Crippen molar-refractivity contribution >= 4 is 44.2 Å². The summed E-state index contributed by atoms with van der Waals surface area (Å²) in [6, 6.07) is 11.5. The number of para-hydroxylation sites is 2. The number of amides is 1. The quantitative estimate of drug-likeness (QED) is 0.465. The fourth-order valence-corrected chi connectivity index (χ4v) is 3.74. The fourth-order valence-electron chi connectivity index (χ4n) is 2.64. The molecule has 2 heterocycles. The maximum absolute atomic E-state index is 13.2. The van der Waals surface area contributed by atoms with E-state index in [1.54, 1.807) is 24.3 Å². The predicted octanol–water partition coefficient (Wildman–Crippen LogP) is 5.11. The molecule has 0 aliphatic heterocycles. The van der Waals surface area contributed by atoms with Crippen LogP contribution in [0.15, 0.2) is 48.5 Å². The summed E-state index contributed by atoms with van der Waals surface area (Å²) < 4.78 is 41.0. The number of alkyl halides is 3. The van der Waals surface area contributed by atoms with Gasteiger partial charge in [0.15, 0.2) is 10.8 Å². The van der Waals surface area contributed by atoms with Crippen molar-refractivity contribution in [1.82, 2.24) is 14.8 Å². The lowest BCUT2D eigenvalue weighted by atomic mass is 10.3. The van der Waals surface area contributed by atoms with Gasteiger partial charge in [0.05, 0.1) is 15.4 Å². The molecule has 2 aromatic heterocycles. The summed E-state index contributed by atoms with van der Waals surface area (Å²) in [6.45, 7) is 0. The number of phenolic OH excluding ortho intramolecular Hbond substituents is 1. The summed E-state index contributed by atoms with van der Waals surface area (Å²) in [6.07, 6.45) is -4.75. The Morgan fingerprint density at radius 1 is 1.17 bits per heavy atom. The Hall–Kier alpha value is -3.11. The van der Waals surface area contributed by atoms with Gasteiger partial charge < -0.3 is 5.11 Å². The van der Waals surface area contributed by atoms with Crippen molar-refractivity contribution in [2.45, 2.75) is 6.18 Å². The third kappa shape index (κ3) is 3.64. The first-order valence-corrected chi connectivity index (χ1v) is 9.25. The van der Waals surface area contributed by atoms with Crippen molar-refractivity contribution in [2.24, 2.45) is 0 Å². The van der Waals surface area contributed by atoms with Gasteiger partial charge in [0.25, 0.3) is 5.91 Å². The van der Waals surface area contributed by atoms with Gasteiger partial charge >= 0.3 is 6.18 Å². The molecule has 0 saturated heterocycles. The van der Waals surface area contributed by atoms with Crippen molar-refractivity contribution in [3.05, 3.63) is 64.9 Å². The highest BCUT2D eigenvalue weighted by Crippen LogP contribution is 2.33. The molecule has 1 amide bonds. The number of nitrogens with one attached hydrogen (secondary N) is 1. The Kier molecular flexibility index (Phi) is 4.67. The molecule has 0 bridgehead atoms. The Bertz CT molecular complexity index is 1240. The van der Waals surface area contributed by atoms with E-state index in [2.05, 4.69) is 15.4 Å². The first kappa shape index (κ1) is 19.2. The van der Waals surface area contributed by atoms with Crippen LogP contribution in [-0.4, -0.2) is 25.8 Å². The van der Waals surface area contributed by atoms with Crippen LogP contribution < -0.4 is 5.32 Å². The van der Waals surface area contributed by atoms with Crippen molar-refractivity contribution in [3.8, 4) is 11.4 Å². The molecule has 0 radical (unpaired) electrons. The minimum Gasteiger partial charge on any atom is -0.506 e. The predicted molar refractivity (Wildman–Crippen MR) is 103 cm³/mol. The maximum Gasteiger partial charge on any atom is 0.435 e. The molecule has 148 valence electrons. The second-order valence-corrected chi connectivity index (χ2v) is 7.31. The summed E-state index contributed by atoms with van der Waals surface area (Å²) in [7, 11) is 0.